The summed E-state index contributed by atoms with van der Waals surface area (Å²) >= 11 is 16.6. The molecular formula is C12H7BrCl2OS. The highest BCUT2D eigenvalue weighted by molar-refractivity contribution is 9.10. The number of hydrogen-bond acceptors (Lipinski definition) is 2. The number of carbonyl (C=O) groups is 1. The van der Waals surface area contributed by atoms with Gasteiger partial charge in [0.05, 0.1) is 9.36 Å². The highest BCUT2D eigenvalue weighted by Crippen LogP contribution is 2.26. The zero-order valence-electron chi connectivity index (χ0n) is 8.54. The normalized spacial score (nSPS) is 10.5. The van der Waals surface area contributed by atoms with E-state index in [1.54, 1.807) is 24.3 Å². The lowest BCUT2D eigenvalue weighted by atomic mass is 10.1. The summed E-state index contributed by atoms with van der Waals surface area (Å²) in [6, 6.07) is 8.90. The van der Waals surface area contributed by atoms with E-state index in [9.17, 15) is 4.79 Å². The maximum Gasteiger partial charge on any atom is 0.169 e. The third-order valence-corrected chi connectivity index (χ3v) is 4.23. The number of hydrogen-bond donors (Lipinski definition) is 0. The first-order valence-corrected chi connectivity index (χ1v) is 7.15. The Balaban J connectivity index is 2.20. The van der Waals surface area contributed by atoms with Crippen LogP contribution in [0.1, 0.15) is 15.2 Å². The van der Waals surface area contributed by atoms with Crippen LogP contribution in [0.25, 0.3) is 0 Å². The van der Waals surface area contributed by atoms with Gasteiger partial charge in [0.15, 0.2) is 5.78 Å². The summed E-state index contributed by atoms with van der Waals surface area (Å²) in [4.78, 5) is 13.0. The Hall–Kier alpha value is -0.350. The van der Waals surface area contributed by atoms with Crippen LogP contribution in [0.5, 0.6) is 0 Å². The van der Waals surface area contributed by atoms with E-state index in [2.05, 4.69) is 15.9 Å². The molecule has 0 aliphatic rings. The van der Waals surface area contributed by atoms with Crippen molar-refractivity contribution in [3.05, 3.63) is 54.6 Å². The van der Waals surface area contributed by atoms with Crippen molar-refractivity contribution >= 4 is 56.3 Å². The van der Waals surface area contributed by atoms with Crippen molar-refractivity contribution in [1.82, 2.24) is 0 Å². The topological polar surface area (TPSA) is 17.1 Å². The van der Waals surface area contributed by atoms with Crippen molar-refractivity contribution < 1.29 is 4.79 Å². The average molecular weight is 350 g/mol. The molecule has 0 aliphatic carbocycles. The molecule has 1 nitrogen and oxygen atoms in total. The van der Waals surface area contributed by atoms with Crippen molar-refractivity contribution in [2.75, 3.05) is 0 Å². The Bertz CT molecular complexity index is 565. The molecule has 1 aromatic carbocycles. The van der Waals surface area contributed by atoms with Gasteiger partial charge < -0.3 is 0 Å². The molecule has 1 heterocycles. The average Bonchev–Trinajstić information content (AvgIpc) is 2.63. The van der Waals surface area contributed by atoms with Gasteiger partial charge in [-0.25, -0.2) is 0 Å². The van der Waals surface area contributed by atoms with Crippen LogP contribution < -0.4 is 0 Å². The van der Waals surface area contributed by atoms with Crippen LogP contribution >= 0.6 is 50.5 Å². The second-order valence-electron chi connectivity index (χ2n) is 3.43. The second-order valence-corrected chi connectivity index (χ2v) is 6.55. The molecule has 2 rings (SSSR count). The Labute approximate surface area is 121 Å². The highest BCUT2D eigenvalue weighted by atomic mass is 79.9. The van der Waals surface area contributed by atoms with Gasteiger partial charge in [-0.15, -0.1) is 11.3 Å². The lowest BCUT2D eigenvalue weighted by Crippen LogP contribution is -2.02. The van der Waals surface area contributed by atoms with Crippen LogP contribution in [0.3, 0.4) is 0 Å². The van der Waals surface area contributed by atoms with Crippen molar-refractivity contribution in [3.63, 3.8) is 0 Å². The van der Waals surface area contributed by atoms with Crippen molar-refractivity contribution in [1.29, 1.82) is 0 Å². The van der Waals surface area contributed by atoms with Gasteiger partial charge in [-0.05, 0) is 30.3 Å². The Morgan fingerprint density at radius 1 is 1.24 bits per heavy atom. The van der Waals surface area contributed by atoms with Crippen LogP contribution in [0.4, 0.5) is 0 Å². The summed E-state index contributed by atoms with van der Waals surface area (Å²) in [7, 11) is 0. The van der Waals surface area contributed by atoms with Gasteiger partial charge in [0.1, 0.15) is 0 Å². The van der Waals surface area contributed by atoms with Gasteiger partial charge >= 0.3 is 0 Å². The number of Topliss-reactive ketones (excluding diaryl/α,β-unsaturated/α-hetero) is 1. The lowest BCUT2D eigenvalue weighted by molar-refractivity contribution is 0.0994. The lowest BCUT2D eigenvalue weighted by Gasteiger charge is -2.02. The highest BCUT2D eigenvalue weighted by Gasteiger charge is 2.12. The maximum absolute atomic E-state index is 12.0. The van der Waals surface area contributed by atoms with E-state index in [0.29, 0.717) is 21.3 Å². The largest absolute Gasteiger partial charge is 0.294 e. The first-order chi connectivity index (χ1) is 8.06. The predicted molar refractivity (Wildman–Crippen MR) is 76.5 cm³/mol. The summed E-state index contributed by atoms with van der Waals surface area (Å²) in [5.74, 6) is 0.000941. The number of rotatable bonds is 3. The molecule has 0 radical (unpaired) electrons. The Morgan fingerprint density at radius 2 is 2.00 bits per heavy atom. The van der Waals surface area contributed by atoms with Gasteiger partial charge in [0.2, 0.25) is 0 Å². The number of ketones is 1. The molecule has 0 amide bonds. The predicted octanol–water partition coefficient (Wildman–Crippen LogP) is 5.24. The fourth-order valence-electron chi connectivity index (χ4n) is 1.42. The van der Waals surface area contributed by atoms with E-state index in [-0.39, 0.29) is 5.78 Å². The summed E-state index contributed by atoms with van der Waals surface area (Å²) in [6.07, 6.45) is 0.332. The number of halogens is 3. The van der Waals surface area contributed by atoms with Gasteiger partial charge in [0.25, 0.3) is 0 Å². The number of thiophene rings is 1. The molecule has 0 N–H and O–H groups in total. The van der Waals surface area contributed by atoms with Gasteiger partial charge in [-0.1, -0.05) is 39.1 Å². The SMILES string of the molecule is O=C(Cc1ccc(Cl)s1)c1ccc(Br)cc1Cl. The summed E-state index contributed by atoms with van der Waals surface area (Å²) in [5, 5.41) is 0.465. The summed E-state index contributed by atoms with van der Waals surface area (Å²) < 4.78 is 1.55. The molecule has 88 valence electrons. The number of benzene rings is 1. The van der Waals surface area contributed by atoms with Gasteiger partial charge in [0, 0.05) is 21.3 Å². The monoisotopic (exact) mass is 348 g/mol. The smallest absolute Gasteiger partial charge is 0.169 e. The molecule has 5 heteroatoms. The van der Waals surface area contributed by atoms with Crippen molar-refractivity contribution in [2.45, 2.75) is 6.42 Å². The minimum absolute atomic E-state index is 0.000941. The zero-order chi connectivity index (χ0) is 12.4. The molecule has 0 fully saturated rings. The molecule has 0 atom stereocenters. The van der Waals surface area contributed by atoms with E-state index in [1.807, 2.05) is 6.07 Å². The van der Waals surface area contributed by atoms with Gasteiger partial charge in [-0.3, -0.25) is 4.79 Å². The molecule has 17 heavy (non-hydrogen) atoms. The zero-order valence-corrected chi connectivity index (χ0v) is 12.5. The van der Waals surface area contributed by atoms with Crippen molar-refractivity contribution in [3.8, 4) is 0 Å². The van der Waals surface area contributed by atoms with Crippen LogP contribution in [0, 0.1) is 0 Å². The van der Waals surface area contributed by atoms with E-state index < -0.39 is 0 Å². The van der Waals surface area contributed by atoms with E-state index in [4.69, 9.17) is 23.2 Å². The van der Waals surface area contributed by atoms with Crippen LogP contribution in [-0.2, 0) is 6.42 Å². The Morgan fingerprint density at radius 3 is 2.59 bits per heavy atom. The molecule has 0 unspecified atom stereocenters. The van der Waals surface area contributed by atoms with E-state index in [1.165, 1.54) is 11.3 Å². The Kier molecular flexibility index (Phi) is 4.26. The van der Waals surface area contributed by atoms with Crippen LogP contribution in [-0.4, -0.2) is 5.78 Å². The first-order valence-electron chi connectivity index (χ1n) is 4.79. The third kappa shape index (κ3) is 3.32. The fraction of sp³-hybridized carbons (Fsp3) is 0.0833. The van der Waals surface area contributed by atoms with Gasteiger partial charge in [-0.2, -0.15) is 0 Å². The maximum atomic E-state index is 12.0. The van der Waals surface area contributed by atoms with Crippen LogP contribution in [0.2, 0.25) is 9.36 Å². The quantitative estimate of drug-likeness (QED) is 0.692. The minimum atomic E-state index is 0.000941. The van der Waals surface area contributed by atoms with E-state index >= 15 is 0 Å². The molecular weight excluding hydrogens is 343 g/mol. The third-order valence-electron chi connectivity index (χ3n) is 2.20. The minimum Gasteiger partial charge on any atom is -0.294 e. The fourth-order valence-corrected chi connectivity index (χ4v) is 3.28. The van der Waals surface area contributed by atoms with Crippen molar-refractivity contribution in [2.24, 2.45) is 0 Å². The van der Waals surface area contributed by atoms with Crippen LogP contribution in [0.15, 0.2) is 34.8 Å². The molecule has 0 bridgehead atoms. The molecule has 0 aliphatic heterocycles. The first kappa shape index (κ1) is 13.1. The number of carbonyl (C=O) groups excluding carboxylic acids is 1. The van der Waals surface area contributed by atoms with E-state index in [0.717, 1.165) is 9.35 Å². The molecule has 1 aromatic heterocycles. The molecule has 0 saturated carbocycles. The standard InChI is InChI=1S/C12H7BrCl2OS/c13-7-1-3-9(10(14)5-7)11(16)6-8-2-4-12(15)17-8/h1-5H,6H2. The summed E-state index contributed by atoms with van der Waals surface area (Å²) in [6.45, 7) is 0. The second kappa shape index (κ2) is 5.53. The summed E-state index contributed by atoms with van der Waals surface area (Å²) in [5.41, 5.74) is 0.541. The molecule has 0 saturated heterocycles. The molecule has 2 aromatic rings. The molecule has 0 spiro atoms.